The largest absolute Gasteiger partial charge is 0.486 e. The molecule has 5 nitrogen and oxygen atoms in total. The first-order valence-corrected chi connectivity index (χ1v) is 7.32. The second-order valence-electron chi connectivity index (χ2n) is 5.12. The summed E-state index contributed by atoms with van der Waals surface area (Å²) in [5.74, 6) is 0.341. The first kappa shape index (κ1) is 15.6. The van der Waals surface area contributed by atoms with Crippen LogP contribution in [0.15, 0.2) is 18.2 Å². The molecule has 2 unspecified atom stereocenters. The molecular formula is C16H22O5. The standard InChI is InChI=1S/C16H22O5/c1-4-16(18,15(17)19-5-2)11(3)12-6-7-13-14(10-12)21-9-8-20-13/h6-7,10-11,18H,4-5,8-9H2,1-3H3. The lowest BCUT2D eigenvalue weighted by molar-refractivity contribution is -0.167. The third-order valence-electron chi connectivity index (χ3n) is 3.95. The highest BCUT2D eigenvalue weighted by molar-refractivity contribution is 5.80. The van der Waals surface area contributed by atoms with Crippen molar-refractivity contribution in [2.24, 2.45) is 0 Å². The van der Waals surface area contributed by atoms with Crippen molar-refractivity contribution in [2.75, 3.05) is 19.8 Å². The van der Waals surface area contributed by atoms with Crippen molar-refractivity contribution >= 4 is 5.97 Å². The van der Waals surface area contributed by atoms with Crippen molar-refractivity contribution in [1.29, 1.82) is 0 Å². The summed E-state index contributed by atoms with van der Waals surface area (Å²) in [5.41, 5.74) is -0.726. The van der Waals surface area contributed by atoms with Gasteiger partial charge in [-0.2, -0.15) is 0 Å². The van der Waals surface area contributed by atoms with Gasteiger partial charge in [0.15, 0.2) is 17.1 Å². The van der Waals surface area contributed by atoms with Gasteiger partial charge in [0.25, 0.3) is 0 Å². The van der Waals surface area contributed by atoms with Gasteiger partial charge in [0.2, 0.25) is 0 Å². The summed E-state index contributed by atoms with van der Waals surface area (Å²) >= 11 is 0. The van der Waals surface area contributed by atoms with Gasteiger partial charge >= 0.3 is 5.97 Å². The van der Waals surface area contributed by atoms with Crippen LogP contribution in [-0.2, 0) is 9.53 Å². The van der Waals surface area contributed by atoms with Crippen molar-refractivity contribution in [3.05, 3.63) is 23.8 Å². The molecule has 2 rings (SSSR count). The van der Waals surface area contributed by atoms with Gasteiger partial charge in [0.1, 0.15) is 13.2 Å². The lowest BCUT2D eigenvalue weighted by atomic mass is 9.81. The number of hydrogen-bond acceptors (Lipinski definition) is 5. The maximum absolute atomic E-state index is 12.1. The molecule has 1 N–H and O–H groups in total. The molecule has 0 aliphatic carbocycles. The van der Waals surface area contributed by atoms with Crippen molar-refractivity contribution in [2.45, 2.75) is 38.7 Å². The SMILES string of the molecule is CCOC(=O)C(O)(CC)C(C)c1ccc2c(c1)OCCO2. The monoisotopic (exact) mass is 294 g/mol. The molecule has 0 radical (unpaired) electrons. The Morgan fingerprint density at radius 2 is 2.00 bits per heavy atom. The maximum atomic E-state index is 12.1. The average Bonchev–Trinajstić information content (AvgIpc) is 2.53. The third-order valence-corrected chi connectivity index (χ3v) is 3.95. The van der Waals surface area contributed by atoms with Crippen molar-refractivity contribution < 1.29 is 24.1 Å². The Morgan fingerprint density at radius 1 is 1.33 bits per heavy atom. The summed E-state index contributed by atoms with van der Waals surface area (Å²) < 4.78 is 16.0. The zero-order chi connectivity index (χ0) is 15.5. The molecule has 5 heteroatoms. The highest BCUT2D eigenvalue weighted by atomic mass is 16.6. The zero-order valence-electron chi connectivity index (χ0n) is 12.7. The maximum Gasteiger partial charge on any atom is 0.338 e. The summed E-state index contributed by atoms with van der Waals surface area (Å²) in [6.45, 7) is 6.58. The molecule has 1 aromatic rings. The molecule has 0 spiro atoms. The fourth-order valence-corrected chi connectivity index (χ4v) is 2.49. The fourth-order valence-electron chi connectivity index (χ4n) is 2.49. The molecule has 1 aliphatic rings. The van der Waals surface area contributed by atoms with Crippen LogP contribution in [-0.4, -0.2) is 36.5 Å². The quantitative estimate of drug-likeness (QED) is 0.844. The Kier molecular flexibility index (Phi) is 4.73. The molecular weight excluding hydrogens is 272 g/mol. The fraction of sp³-hybridized carbons (Fsp3) is 0.562. The predicted molar refractivity (Wildman–Crippen MR) is 77.7 cm³/mol. The van der Waals surface area contributed by atoms with E-state index in [0.29, 0.717) is 24.7 Å². The minimum atomic E-state index is -1.54. The highest BCUT2D eigenvalue weighted by Gasteiger charge is 2.42. The van der Waals surface area contributed by atoms with Gasteiger partial charge in [-0.05, 0) is 31.0 Å². The summed E-state index contributed by atoms with van der Waals surface area (Å²) in [5, 5.41) is 10.7. The Morgan fingerprint density at radius 3 is 2.62 bits per heavy atom. The van der Waals surface area contributed by atoms with Crippen LogP contribution < -0.4 is 9.47 Å². The molecule has 2 atom stereocenters. The molecule has 0 saturated carbocycles. The van der Waals surface area contributed by atoms with E-state index in [1.54, 1.807) is 13.8 Å². The second kappa shape index (κ2) is 6.35. The molecule has 1 heterocycles. The van der Waals surface area contributed by atoms with Gasteiger partial charge in [-0.25, -0.2) is 4.79 Å². The smallest absolute Gasteiger partial charge is 0.338 e. The van der Waals surface area contributed by atoms with Crippen LogP contribution in [0.25, 0.3) is 0 Å². The van der Waals surface area contributed by atoms with Gasteiger partial charge in [-0.1, -0.05) is 19.9 Å². The number of esters is 1. The van der Waals surface area contributed by atoms with Crippen molar-refractivity contribution in [3.63, 3.8) is 0 Å². The summed E-state index contributed by atoms with van der Waals surface area (Å²) in [6.07, 6.45) is 0.279. The molecule has 1 aromatic carbocycles. The highest BCUT2D eigenvalue weighted by Crippen LogP contribution is 2.38. The number of ether oxygens (including phenoxy) is 3. The van der Waals surface area contributed by atoms with E-state index in [-0.39, 0.29) is 13.0 Å². The van der Waals surface area contributed by atoms with Gasteiger partial charge in [-0.15, -0.1) is 0 Å². The van der Waals surface area contributed by atoms with Crippen LogP contribution in [0.1, 0.15) is 38.7 Å². The molecule has 0 aromatic heterocycles. The molecule has 1 aliphatic heterocycles. The van der Waals surface area contributed by atoms with E-state index in [0.717, 1.165) is 5.56 Å². The minimum Gasteiger partial charge on any atom is -0.486 e. The number of carbonyl (C=O) groups is 1. The van der Waals surface area contributed by atoms with Crippen LogP contribution >= 0.6 is 0 Å². The van der Waals surface area contributed by atoms with E-state index >= 15 is 0 Å². The first-order valence-electron chi connectivity index (χ1n) is 7.32. The molecule has 0 bridgehead atoms. The number of carbonyl (C=O) groups excluding carboxylic acids is 1. The number of aliphatic hydroxyl groups is 1. The predicted octanol–water partition coefficient (Wildman–Crippen LogP) is 2.27. The Labute approximate surface area is 124 Å². The summed E-state index contributed by atoms with van der Waals surface area (Å²) in [4.78, 5) is 12.1. The van der Waals surface area contributed by atoms with E-state index in [4.69, 9.17) is 14.2 Å². The average molecular weight is 294 g/mol. The Hall–Kier alpha value is -1.75. The molecule has 0 saturated heterocycles. The third kappa shape index (κ3) is 2.97. The van der Waals surface area contributed by atoms with Gasteiger partial charge in [-0.3, -0.25) is 0 Å². The Balaban J connectivity index is 2.29. The molecule has 116 valence electrons. The summed E-state index contributed by atoms with van der Waals surface area (Å²) in [6, 6.07) is 5.47. The van der Waals surface area contributed by atoms with Crippen LogP contribution in [0.5, 0.6) is 11.5 Å². The summed E-state index contributed by atoms with van der Waals surface area (Å²) in [7, 11) is 0. The number of rotatable bonds is 5. The lowest BCUT2D eigenvalue weighted by Crippen LogP contribution is -2.44. The van der Waals surface area contributed by atoms with E-state index < -0.39 is 17.5 Å². The molecule has 0 amide bonds. The number of fused-ring (bicyclic) bond motifs is 1. The number of hydrogen-bond donors (Lipinski definition) is 1. The molecule has 21 heavy (non-hydrogen) atoms. The van der Waals surface area contributed by atoms with Gasteiger partial charge < -0.3 is 19.3 Å². The normalized spacial score (nSPS) is 17.7. The lowest BCUT2D eigenvalue weighted by Gasteiger charge is -2.31. The second-order valence-corrected chi connectivity index (χ2v) is 5.12. The van der Waals surface area contributed by atoms with E-state index in [1.807, 2.05) is 25.1 Å². The van der Waals surface area contributed by atoms with Crippen LogP contribution in [0, 0.1) is 0 Å². The first-order chi connectivity index (χ1) is 10.0. The van der Waals surface area contributed by atoms with Gasteiger partial charge in [0.05, 0.1) is 6.61 Å². The topological polar surface area (TPSA) is 65.0 Å². The Bertz CT molecular complexity index is 513. The van der Waals surface area contributed by atoms with Crippen molar-refractivity contribution in [1.82, 2.24) is 0 Å². The van der Waals surface area contributed by atoms with Crippen LogP contribution in [0.2, 0.25) is 0 Å². The molecule has 0 fully saturated rings. The number of benzene rings is 1. The van der Waals surface area contributed by atoms with Gasteiger partial charge in [0, 0.05) is 5.92 Å². The zero-order valence-corrected chi connectivity index (χ0v) is 12.7. The van der Waals surface area contributed by atoms with E-state index in [2.05, 4.69) is 0 Å². The van der Waals surface area contributed by atoms with E-state index in [9.17, 15) is 9.90 Å². The van der Waals surface area contributed by atoms with Crippen LogP contribution in [0.3, 0.4) is 0 Å². The van der Waals surface area contributed by atoms with Crippen molar-refractivity contribution in [3.8, 4) is 11.5 Å². The van der Waals surface area contributed by atoms with E-state index in [1.165, 1.54) is 0 Å². The van der Waals surface area contributed by atoms with Crippen LogP contribution in [0.4, 0.5) is 0 Å². The minimum absolute atomic E-state index is 0.245.